The maximum Gasteiger partial charge on any atom is 0.306 e. The Labute approximate surface area is 191 Å². The molecule has 0 bridgehead atoms. The van der Waals surface area contributed by atoms with Crippen molar-refractivity contribution in [2.75, 3.05) is 11.9 Å². The van der Waals surface area contributed by atoms with Crippen LogP contribution < -0.4 is 10.5 Å². The van der Waals surface area contributed by atoms with Gasteiger partial charge in [0.1, 0.15) is 0 Å². The van der Waals surface area contributed by atoms with E-state index in [1.165, 1.54) is 23.9 Å². The molecule has 3 rings (SSSR count). The Morgan fingerprint density at radius 1 is 0.906 bits per heavy atom. The lowest BCUT2D eigenvalue weighted by molar-refractivity contribution is -0.147. The molecule has 9 heteroatoms. The summed E-state index contributed by atoms with van der Waals surface area (Å²) >= 11 is 1.52. The molecule has 32 heavy (non-hydrogen) atoms. The molecule has 7 nitrogen and oxygen atoms in total. The van der Waals surface area contributed by atoms with E-state index in [0.29, 0.717) is 12.1 Å². The van der Waals surface area contributed by atoms with Gasteiger partial charge in [-0.1, -0.05) is 54.2 Å². The van der Waals surface area contributed by atoms with Crippen LogP contribution in [0.4, 0.5) is 5.69 Å². The lowest BCUT2D eigenvalue weighted by Crippen LogP contribution is -2.21. The molecule has 0 aromatic heterocycles. The van der Waals surface area contributed by atoms with Crippen LogP contribution in [0.2, 0.25) is 0 Å². The maximum absolute atomic E-state index is 12.3. The molecule has 0 saturated carbocycles. The zero-order valence-electron chi connectivity index (χ0n) is 17.1. The molecular weight excluding hydrogens is 448 g/mol. The van der Waals surface area contributed by atoms with Crippen LogP contribution in [-0.4, -0.2) is 26.9 Å². The molecule has 3 aromatic carbocycles. The van der Waals surface area contributed by atoms with E-state index in [-0.39, 0.29) is 11.3 Å². The van der Waals surface area contributed by atoms with Gasteiger partial charge >= 0.3 is 5.97 Å². The largest absolute Gasteiger partial charge is 0.456 e. The molecule has 166 valence electrons. The monoisotopic (exact) mass is 470 g/mol. The predicted octanol–water partition coefficient (Wildman–Crippen LogP) is 3.60. The molecule has 0 aliphatic rings. The number of carbonyl (C=O) groups is 2. The minimum Gasteiger partial charge on any atom is -0.456 e. The number of carbonyl (C=O) groups excluding carboxylic acids is 2. The standard InChI is InChI=1S/C23H22N2O5S2/c24-32(28,29)19-13-10-17(11-14-19)12-15-23(27)30-16-22(26)25-20-8-4-5-9-21(20)31-18-6-2-1-3-7-18/h1-11,13-14H,12,15-16H2,(H,25,26)(H2,24,28,29). The van der Waals surface area contributed by atoms with Crippen molar-refractivity contribution >= 4 is 39.3 Å². The highest BCUT2D eigenvalue weighted by Crippen LogP contribution is 2.33. The van der Waals surface area contributed by atoms with E-state index >= 15 is 0 Å². The number of amides is 1. The first-order chi connectivity index (χ1) is 15.3. The SMILES string of the molecule is NS(=O)(=O)c1ccc(CCC(=O)OCC(=O)Nc2ccccc2Sc2ccccc2)cc1. The van der Waals surface area contributed by atoms with Crippen LogP contribution in [0, 0.1) is 0 Å². The van der Waals surface area contributed by atoms with Crippen LogP contribution in [0.5, 0.6) is 0 Å². The third kappa shape index (κ3) is 7.23. The molecule has 0 fully saturated rings. The first-order valence-electron chi connectivity index (χ1n) is 9.70. The quantitative estimate of drug-likeness (QED) is 0.462. The molecule has 3 aromatic rings. The average Bonchev–Trinajstić information content (AvgIpc) is 2.78. The summed E-state index contributed by atoms with van der Waals surface area (Å²) in [6.07, 6.45) is 0.407. The van der Waals surface area contributed by atoms with Crippen molar-refractivity contribution in [1.29, 1.82) is 0 Å². The van der Waals surface area contributed by atoms with Crippen molar-refractivity contribution in [2.24, 2.45) is 5.14 Å². The van der Waals surface area contributed by atoms with Gasteiger partial charge in [0.2, 0.25) is 10.0 Å². The number of rotatable bonds is 9. The normalized spacial score (nSPS) is 11.0. The number of anilines is 1. The Morgan fingerprint density at radius 3 is 2.25 bits per heavy atom. The highest BCUT2D eigenvalue weighted by atomic mass is 32.2. The number of para-hydroxylation sites is 1. The molecule has 0 aliphatic carbocycles. The number of primary sulfonamides is 1. The van der Waals surface area contributed by atoms with E-state index in [1.54, 1.807) is 18.2 Å². The van der Waals surface area contributed by atoms with Gasteiger partial charge in [-0.3, -0.25) is 9.59 Å². The van der Waals surface area contributed by atoms with Gasteiger partial charge in [0.15, 0.2) is 6.61 Å². The third-order valence-electron chi connectivity index (χ3n) is 4.37. The first-order valence-corrected chi connectivity index (χ1v) is 12.1. The summed E-state index contributed by atoms with van der Waals surface area (Å²) < 4.78 is 27.6. The van der Waals surface area contributed by atoms with E-state index in [1.807, 2.05) is 48.5 Å². The lowest BCUT2D eigenvalue weighted by atomic mass is 10.1. The number of aryl methyl sites for hydroxylation is 1. The fraction of sp³-hybridized carbons (Fsp3) is 0.130. The third-order valence-corrected chi connectivity index (χ3v) is 6.38. The Balaban J connectivity index is 1.47. The van der Waals surface area contributed by atoms with E-state index in [0.717, 1.165) is 15.4 Å². The van der Waals surface area contributed by atoms with Crippen LogP contribution in [-0.2, 0) is 30.8 Å². The van der Waals surface area contributed by atoms with Crippen molar-refractivity contribution in [1.82, 2.24) is 0 Å². The zero-order chi connectivity index (χ0) is 23.0. The Bertz CT molecular complexity index is 1180. The highest BCUT2D eigenvalue weighted by molar-refractivity contribution is 7.99. The van der Waals surface area contributed by atoms with Crippen molar-refractivity contribution in [3.8, 4) is 0 Å². The van der Waals surface area contributed by atoms with Crippen molar-refractivity contribution in [2.45, 2.75) is 27.5 Å². The van der Waals surface area contributed by atoms with E-state index in [9.17, 15) is 18.0 Å². The number of nitrogens with one attached hydrogen (secondary N) is 1. The van der Waals surface area contributed by atoms with E-state index < -0.39 is 28.5 Å². The lowest BCUT2D eigenvalue weighted by Gasteiger charge is -2.11. The minimum atomic E-state index is -3.75. The molecule has 3 N–H and O–H groups in total. The number of ether oxygens (including phenoxy) is 1. The Kier molecular flexibility index (Phi) is 8.04. The number of nitrogens with two attached hydrogens (primary N) is 1. The van der Waals surface area contributed by atoms with Gasteiger partial charge in [0.25, 0.3) is 5.91 Å². The van der Waals surface area contributed by atoms with E-state index in [2.05, 4.69) is 5.32 Å². The van der Waals surface area contributed by atoms with Crippen molar-refractivity contribution in [3.05, 3.63) is 84.4 Å². The number of hydrogen-bond acceptors (Lipinski definition) is 6. The topological polar surface area (TPSA) is 116 Å². The summed E-state index contributed by atoms with van der Waals surface area (Å²) in [7, 11) is -3.75. The van der Waals surface area contributed by atoms with Crippen LogP contribution in [0.1, 0.15) is 12.0 Å². The second-order valence-corrected chi connectivity index (χ2v) is 9.49. The molecule has 0 saturated heterocycles. The molecular formula is C23H22N2O5S2. The summed E-state index contributed by atoms with van der Waals surface area (Å²) in [4.78, 5) is 26.2. The van der Waals surface area contributed by atoms with Crippen LogP contribution in [0.25, 0.3) is 0 Å². The van der Waals surface area contributed by atoms with Gasteiger partial charge in [-0.2, -0.15) is 0 Å². The second kappa shape index (κ2) is 10.9. The average molecular weight is 471 g/mol. The summed E-state index contributed by atoms with van der Waals surface area (Å²) in [6, 6.07) is 23.1. The molecule has 0 unspecified atom stereocenters. The number of hydrogen-bond donors (Lipinski definition) is 2. The molecule has 0 spiro atoms. The molecule has 0 aliphatic heterocycles. The van der Waals surface area contributed by atoms with Gasteiger partial charge < -0.3 is 10.1 Å². The minimum absolute atomic E-state index is 0.00575. The fourth-order valence-corrected chi connectivity index (χ4v) is 4.21. The van der Waals surface area contributed by atoms with Crippen LogP contribution in [0.15, 0.2) is 93.5 Å². The molecule has 1 amide bonds. The smallest absolute Gasteiger partial charge is 0.306 e. The first kappa shape index (κ1) is 23.5. The maximum atomic E-state index is 12.3. The molecule has 0 heterocycles. The molecule has 0 radical (unpaired) electrons. The second-order valence-electron chi connectivity index (χ2n) is 6.81. The van der Waals surface area contributed by atoms with Gasteiger partial charge in [-0.15, -0.1) is 0 Å². The number of benzene rings is 3. The predicted molar refractivity (Wildman–Crippen MR) is 123 cm³/mol. The molecule has 0 atom stereocenters. The van der Waals surface area contributed by atoms with Gasteiger partial charge in [0, 0.05) is 16.2 Å². The van der Waals surface area contributed by atoms with Crippen molar-refractivity contribution < 1.29 is 22.7 Å². The Morgan fingerprint density at radius 2 is 1.56 bits per heavy atom. The highest BCUT2D eigenvalue weighted by Gasteiger charge is 2.12. The van der Waals surface area contributed by atoms with Crippen LogP contribution in [0.3, 0.4) is 0 Å². The van der Waals surface area contributed by atoms with E-state index in [4.69, 9.17) is 9.88 Å². The number of sulfonamides is 1. The van der Waals surface area contributed by atoms with Gasteiger partial charge in [-0.25, -0.2) is 13.6 Å². The zero-order valence-corrected chi connectivity index (χ0v) is 18.7. The van der Waals surface area contributed by atoms with Gasteiger partial charge in [0.05, 0.1) is 10.6 Å². The van der Waals surface area contributed by atoms with Crippen molar-refractivity contribution in [3.63, 3.8) is 0 Å². The summed E-state index contributed by atoms with van der Waals surface area (Å²) in [5.41, 5.74) is 1.39. The van der Waals surface area contributed by atoms with Crippen LogP contribution >= 0.6 is 11.8 Å². The number of esters is 1. The summed E-state index contributed by atoms with van der Waals surface area (Å²) in [5, 5.41) is 7.83. The summed E-state index contributed by atoms with van der Waals surface area (Å²) in [5.74, 6) is -0.959. The summed E-state index contributed by atoms with van der Waals surface area (Å²) in [6.45, 7) is -0.395. The van der Waals surface area contributed by atoms with Gasteiger partial charge in [-0.05, 0) is 48.4 Å². The fourth-order valence-electron chi connectivity index (χ4n) is 2.77. The Hall–Kier alpha value is -3.14.